The maximum atomic E-state index is 12.8. The standard InChI is InChI=1S/C22H20O4/c23-19-10-6-17(7-11-19)21(18-8-12-20(24)13-9-18)22(25)26-15-14-16-4-2-1-3-5-16/h1-13,21,23-24H,14-15H2. The first kappa shape index (κ1) is 17.5. The summed E-state index contributed by atoms with van der Waals surface area (Å²) in [6, 6.07) is 22.8. The van der Waals surface area contributed by atoms with Crippen LogP contribution in [0.4, 0.5) is 0 Å². The Morgan fingerprint density at radius 3 is 1.77 bits per heavy atom. The van der Waals surface area contributed by atoms with Gasteiger partial charge >= 0.3 is 5.97 Å². The van der Waals surface area contributed by atoms with Crippen LogP contribution in [0.15, 0.2) is 78.9 Å². The Balaban J connectivity index is 1.77. The van der Waals surface area contributed by atoms with Crippen LogP contribution in [0, 0.1) is 0 Å². The highest BCUT2D eigenvalue weighted by molar-refractivity contribution is 5.82. The molecule has 3 aromatic carbocycles. The second-order valence-electron chi connectivity index (χ2n) is 6.02. The molecule has 3 aromatic rings. The second-order valence-corrected chi connectivity index (χ2v) is 6.02. The molecule has 0 heterocycles. The van der Waals surface area contributed by atoms with Gasteiger partial charge in [0.25, 0.3) is 0 Å². The molecule has 132 valence electrons. The van der Waals surface area contributed by atoms with Gasteiger partial charge in [-0.1, -0.05) is 54.6 Å². The maximum Gasteiger partial charge on any atom is 0.317 e. The van der Waals surface area contributed by atoms with Crippen molar-refractivity contribution in [2.75, 3.05) is 6.61 Å². The Morgan fingerprint density at radius 1 is 0.769 bits per heavy atom. The Labute approximate surface area is 152 Å². The Kier molecular flexibility index (Phi) is 5.54. The zero-order valence-electron chi connectivity index (χ0n) is 14.2. The molecule has 26 heavy (non-hydrogen) atoms. The van der Waals surface area contributed by atoms with Gasteiger partial charge in [0.05, 0.1) is 6.61 Å². The molecule has 0 saturated heterocycles. The summed E-state index contributed by atoms with van der Waals surface area (Å²) in [5.41, 5.74) is 2.54. The van der Waals surface area contributed by atoms with Gasteiger partial charge in [-0.25, -0.2) is 0 Å². The van der Waals surface area contributed by atoms with E-state index < -0.39 is 5.92 Å². The van der Waals surface area contributed by atoms with Gasteiger partial charge in [-0.05, 0) is 41.0 Å². The minimum atomic E-state index is -0.619. The van der Waals surface area contributed by atoms with Gasteiger partial charge in [0, 0.05) is 6.42 Å². The second kappa shape index (κ2) is 8.21. The van der Waals surface area contributed by atoms with E-state index in [0.717, 1.165) is 16.7 Å². The minimum Gasteiger partial charge on any atom is -0.508 e. The fraction of sp³-hybridized carbons (Fsp3) is 0.136. The quantitative estimate of drug-likeness (QED) is 0.661. The molecule has 4 nitrogen and oxygen atoms in total. The monoisotopic (exact) mass is 348 g/mol. The van der Waals surface area contributed by atoms with E-state index in [-0.39, 0.29) is 24.1 Å². The summed E-state index contributed by atoms with van der Waals surface area (Å²) in [7, 11) is 0. The number of hydrogen-bond donors (Lipinski definition) is 2. The van der Waals surface area contributed by atoms with E-state index in [1.165, 1.54) is 0 Å². The third-order valence-corrected chi connectivity index (χ3v) is 4.17. The number of phenolic OH excluding ortho intramolecular Hbond substituents is 2. The Morgan fingerprint density at radius 2 is 1.27 bits per heavy atom. The third-order valence-electron chi connectivity index (χ3n) is 4.17. The number of rotatable bonds is 6. The molecule has 0 atom stereocenters. The first-order chi connectivity index (χ1) is 12.6. The van der Waals surface area contributed by atoms with Crippen molar-refractivity contribution in [1.82, 2.24) is 0 Å². The molecule has 0 spiro atoms. The van der Waals surface area contributed by atoms with Crippen LogP contribution in [0.3, 0.4) is 0 Å². The van der Waals surface area contributed by atoms with E-state index in [1.54, 1.807) is 48.5 Å². The smallest absolute Gasteiger partial charge is 0.317 e. The van der Waals surface area contributed by atoms with E-state index in [9.17, 15) is 15.0 Å². The molecule has 0 bridgehead atoms. The molecule has 0 saturated carbocycles. The van der Waals surface area contributed by atoms with Crippen molar-refractivity contribution >= 4 is 5.97 Å². The van der Waals surface area contributed by atoms with Crippen LogP contribution < -0.4 is 0 Å². The van der Waals surface area contributed by atoms with Crippen LogP contribution >= 0.6 is 0 Å². The number of aromatic hydroxyl groups is 2. The lowest BCUT2D eigenvalue weighted by Crippen LogP contribution is -2.18. The summed E-state index contributed by atoms with van der Waals surface area (Å²) in [6.45, 7) is 0.287. The molecule has 4 heteroatoms. The van der Waals surface area contributed by atoms with Crippen molar-refractivity contribution in [2.45, 2.75) is 12.3 Å². The minimum absolute atomic E-state index is 0.135. The van der Waals surface area contributed by atoms with Crippen molar-refractivity contribution in [2.24, 2.45) is 0 Å². The van der Waals surface area contributed by atoms with E-state index in [4.69, 9.17) is 4.74 Å². The average Bonchev–Trinajstić information content (AvgIpc) is 2.66. The highest BCUT2D eigenvalue weighted by Gasteiger charge is 2.24. The van der Waals surface area contributed by atoms with E-state index in [0.29, 0.717) is 6.42 Å². The van der Waals surface area contributed by atoms with Gasteiger partial charge in [-0.2, -0.15) is 0 Å². The molecule has 0 fully saturated rings. The number of carbonyl (C=O) groups is 1. The highest BCUT2D eigenvalue weighted by atomic mass is 16.5. The molecular formula is C22H20O4. The zero-order valence-corrected chi connectivity index (χ0v) is 14.2. The Bertz CT molecular complexity index is 794. The number of ether oxygens (including phenoxy) is 1. The molecule has 0 amide bonds. The summed E-state index contributed by atoms with van der Waals surface area (Å²) in [4.78, 5) is 12.8. The number of esters is 1. The molecule has 3 rings (SSSR count). The van der Waals surface area contributed by atoms with Gasteiger partial charge in [0.1, 0.15) is 17.4 Å². The molecule has 0 aromatic heterocycles. The first-order valence-electron chi connectivity index (χ1n) is 8.42. The van der Waals surface area contributed by atoms with Crippen molar-refractivity contribution < 1.29 is 19.7 Å². The van der Waals surface area contributed by atoms with Crippen LogP contribution in [0.5, 0.6) is 11.5 Å². The van der Waals surface area contributed by atoms with Crippen LogP contribution in [0.1, 0.15) is 22.6 Å². The third kappa shape index (κ3) is 4.42. The molecule has 0 aliphatic heterocycles. The molecular weight excluding hydrogens is 328 g/mol. The van der Waals surface area contributed by atoms with Gasteiger partial charge in [-0.15, -0.1) is 0 Å². The fourth-order valence-electron chi connectivity index (χ4n) is 2.80. The summed E-state index contributed by atoms with van der Waals surface area (Å²) in [6.07, 6.45) is 0.643. The van der Waals surface area contributed by atoms with Crippen molar-refractivity contribution in [3.63, 3.8) is 0 Å². The number of phenols is 2. The lowest BCUT2D eigenvalue weighted by atomic mass is 9.91. The normalized spacial score (nSPS) is 10.7. The molecule has 0 aliphatic rings. The summed E-state index contributed by atoms with van der Waals surface area (Å²) >= 11 is 0. The number of benzene rings is 3. The van der Waals surface area contributed by atoms with Crippen molar-refractivity contribution in [1.29, 1.82) is 0 Å². The van der Waals surface area contributed by atoms with Crippen molar-refractivity contribution in [3.05, 3.63) is 95.6 Å². The van der Waals surface area contributed by atoms with Gasteiger partial charge in [0.15, 0.2) is 0 Å². The predicted octanol–water partition coefficient (Wildman–Crippen LogP) is 4.02. The lowest BCUT2D eigenvalue weighted by Gasteiger charge is -2.17. The van der Waals surface area contributed by atoms with Crippen LogP contribution in [-0.4, -0.2) is 22.8 Å². The van der Waals surface area contributed by atoms with Crippen LogP contribution in [0.25, 0.3) is 0 Å². The molecule has 2 N–H and O–H groups in total. The average molecular weight is 348 g/mol. The summed E-state index contributed by atoms with van der Waals surface area (Å²) in [5.74, 6) is -0.712. The summed E-state index contributed by atoms with van der Waals surface area (Å²) < 4.78 is 5.51. The number of carbonyl (C=O) groups excluding carboxylic acids is 1. The van der Waals surface area contributed by atoms with Gasteiger partial charge in [0.2, 0.25) is 0 Å². The first-order valence-corrected chi connectivity index (χ1v) is 8.42. The SMILES string of the molecule is O=C(OCCc1ccccc1)C(c1ccc(O)cc1)c1ccc(O)cc1. The summed E-state index contributed by atoms with van der Waals surface area (Å²) in [5, 5.41) is 19.0. The Hall–Kier alpha value is -3.27. The van der Waals surface area contributed by atoms with Crippen molar-refractivity contribution in [3.8, 4) is 11.5 Å². The molecule has 0 radical (unpaired) electrons. The fourth-order valence-corrected chi connectivity index (χ4v) is 2.80. The zero-order chi connectivity index (χ0) is 18.4. The van der Waals surface area contributed by atoms with Crippen LogP contribution in [0.2, 0.25) is 0 Å². The van der Waals surface area contributed by atoms with E-state index in [2.05, 4.69) is 0 Å². The van der Waals surface area contributed by atoms with E-state index in [1.807, 2.05) is 30.3 Å². The van der Waals surface area contributed by atoms with E-state index >= 15 is 0 Å². The van der Waals surface area contributed by atoms with Gasteiger partial charge in [-0.3, -0.25) is 4.79 Å². The maximum absolute atomic E-state index is 12.8. The molecule has 0 aliphatic carbocycles. The van der Waals surface area contributed by atoms with Gasteiger partial charge < -0.3 is 14.9 Å². The largest absolute Gasteiger partial charge is 0.508 e. The lowest BCUT2D eigenvalue weighted by molar-refractivity contribution is -0.144. The predicted molar refractivity (Wildman–Crippen MR) is 99.2 cm³/mol. The highest BCUT2D eigenvalue weighted by Crippen LogP contribution is 2.28. The molecule has 0 unspecified atom stereocenters. The van der Waals surface area contributed by atoms with Crippen LogP contribution in [-0.2, 0) is 16.0 Å². The number of hydrogen-bond acceptors (Lipinski definition) is 4. The topological polar surface area (TPSA) is 66.8 Å².